The third kappa shape index (κ3) is 4.61. The summed E-state index contributed by atoms with van der Waals surface area (Å²) < 4.78 is 23.3. The molecular weight excluding hydrogens is 228 g/mol. The molecule has 0 fully saturated rings. The number of anilines is 1. The molecule has 1 aromatic rings. The van der Waals surface area contributed by atoms with E-state index in [0.29, 0.717) is 5.69 Å². The van der Waals surface area contributed by atoms with Crippen LogP contribution in [0.1, 0.15) is 5.56 Å². The summed E-state index contributed by atoms with van der Waals surface area (Å²) in [4.78, 5) is 11.1. The first-order valence-corrected chi connectivity index (χ1v) is 6.31. The summed E-state index contributed by atoms with van der Waals surface area (Å²) in [5.74, 6) is -0.681. The third-order valence-corrected chi connectivity index (χ3v) is 2.22. The van der Waals surface area contributed by atoms with Crippen molar-refractivity contribution in [3.63, 3.8) is 0 Å². The van der Waals surface area contributed by atoms with Crippen molar-refractivity contribution in [3.8, 4) is 0 Å². The second-order valence-corrected chi connectivity index (χ2v) is 4.99. The maximum atomic E-state index is 11.1. The van der Waals surface area contributed by atoms with Gasteiger partial charge < -0.3 is 5.73 Å². The number of nitrogens with one attached hydrogen (secondary N) is 1. The summed E-state index contributed by atoms with van der Waals surface area (Å²) in [6, 6.07) is 6.82. The summed E-state index contributed by atoms with van der Waals surface area (Å²) in [7, 11) is -3.51. The average Bonchev–Trinajstić information content (AvgIpc) is 2.14. The summed E-state index contributed by atoms with van der Waals surface area (Å²) in [5.41, 5.74) is 6.87. The molecule has 0 aliphatic carbocycles. The maximum absolute atomic E-state index is 11.1. The molecule has 3 N–H and O–H groups in total. The standard InChI is InChI=1S/C10H12N2O3S/c1-16(14,15)12-10(13)7-4-8-2-5-9(11)6-3-8/h2-7H,11H2,1H3,(H,12,13)/b7-4+. The van der Waals surface area contributed by atoms with Gasteiger partial charge in [0.05, 0.1) is 6.26 Å². The fourth-order valence-corrected chi connectivity index (χ4v) is 1.43. The summed E-state index contributed by atoms with van der Waals surface area (Å²) >= 11 is 0. The van der Waals surface area contributed by atoms with Crippen molar-refractivity contribution in [1.82, 2.24) is 4.72 Å². The fraction of sp³-hybridized carbons (Fsp3) is 0.100. The summed E-state index contributed by atoms with van der Waals surface area (Å²) in [6.45, 7) is 0. The van der Waals surface area contributed by atoms with Gasteiger partial charge in [0.2, 0.25) is 10.0 Å². The molecule has 5 nitrogen and oxygen atoms in total. The van der Waals surface area contributed by atoms with Crippen LogP contribution < -0.4 is 10.5 Å². The lowest BCUT2D eigenvalue weighted by atomic mass is 10.2. The molecule has 16 heavy (non-hydrogen) atoms. The highest BCUT2D eigenvalue weighted by Crippen LogP contribution is 2.06. The Morgan fingerprint density at radius 2 is 1.88 bits per heavy atom. The van der Waals surface area contributed by atoms with Crippen molar-refractivity contribution in [2.75, 3.05) is 12.0 Å². The Kier molecular flexibility index (Phi) is 3.68. The lowest BCUT2D eigenvalue weighted by molar-refractivity contribution is -0.114. The largest absolute Gasteiger partial charge is 0.399 e. The topological polar surface area (TPSA) is 89.3 Å². The van der Waals surface area contributed by atoms with E-state index in [2.05, 4.69) is 0 Å². The molecule has 0 bridgehead atoms. The first-order valence-electron chi connectivity index (χ1n) is 4.42. The first-order chi connectivity index (χ1) is 7.37. The number of sulfonamides is 1. The predicted molar refractivity (Wildman–Crippen MR) is 62.9 cm³/mol. The van der Waals surface area contributed by atoms with E-state index in [1.807, 2.05) is 4.72 Å². The van der Waals surface area contributed by atoms with Crippen LogP contribution in [0.5, 0.6) is 0 Å². The number of carbonyl (C=O) groups excluding carboxylic acids is 1. The van der Waals surface area contributed by atoms with Gasteiger partial charge in [0.25, 0.3) is 5.91 Å². The number of carbonyl (C=O) groups is 1. The van der Waals surface area contributed by atoms with Crippen LogP contribution in [0.3, 0.4) is 0 Å². The van der Waals surface area contributed by atoms with Gasteiger partial charge in [0, 0.05) is 11.8 Å². The van der Waals surface area contributed by atoms with E-state index < -0.39 is 15.9 Å². The van der Waals surface area contributed by atoms with E-state index in [1.165, 1.54) is 6.08 Å². The molecule has 0 spiro atoms. The van der Waals surface area contributed by atoms with Crippen molar-refractivity contribution in [2.24, 2.45) is 0 Å². The molecule has 0 heterocycles. The number of rotatable bonds is 3. The zero-order valence-electron chi connectivity index (χ0n) is 8.67. The minimum atomic E-state index is -3.51. The number of hydrogen-bond acceptors (Lipinski definition) is 4. The maximum Gasteiger partial charge on any atom is 0.257 e. The minimum absolute atomic E-state index is 0.623. The SMILES string of the molecule is CS(=O)(=O)NC(=O)/C=C/c1ccc(N)cc1. The lowest BCUT2D eigenvalue weighted by Crippen LogP contribution is -2.27. The van der Waals surface area contributed by atoms with Crippen LogP contribution in [0.4, 0.5) is 5.69 Å². The molecule has 0 saturated heterocycles. The van der Waals surface area contributed by atoms with Crippen molar-refractivity contribution in [2.45, 2.75) is 0 Å². The second-order valence-electron chi connectivity index (χ2n) is 3.24. The molecule has 0 radical (unpaired) electrons. The summed E-state index contributed by atoms with van der Waals surface area (Å²) in [5, 5.41) is 0. The first kappa shape index (κ1) is 12.3. The van der Waals surface area contributed by atoms with Gasteiger partial charge >= 0.3 is 0 Å². The minimum Gasteiger partial charge on any atom is -0.399 e. The zero-order valence-corrected chi connectivity index (χ0v) is 9.49. The van der Waals surface area contributed by atoms with Crippen LogP contribution in [0, 0.1) is 0 Å². The zero-order chi connectivity index (χ0) is 12.2. The number of nitrogen functional groups attached to an aromatic ring is 1. The van der Waals surface area contributed by atoms with Crippen molar-refractivity contribution in [1.29, 1.82) is 0 Å². The van der Waals surface area contributed by atoms with Crippen LogP contribution >= 0.6 is 0 Å². The Balaban J connectivity index is 2.67. The van der Waals surface area contributed by atoms with Crippen LogP contribution in [0.15, 0.2) is 30.3 Å². The smallest absolute Gasteiger partial charge is 0.257 e. The van der Waals surface area contributed by atoms with Crippen molar-refractivity contribution >= 4 is 27.7 Å². The number of benzene rings is 1. The van der Waals surface area contributed by atoms with Crippen molar-refractivity contribution in [3.05, 3.63) is 35.9 Å². The van der Waals surface area contributed by atoms with Gasteiger partial charge in [-0.3, -0.25) is 4.79 Å². The van der Waals surface area contributed by atoms with E-state index in [1.54, 1.807) is 24.3 Å². The molecule has 0 atom stereocenters. The fourth-order valence-electron chi connectivity index (χ4n) is 0.996. The van der Waals surface area contributed by atoms with E-state index in [9.17, 15) is 13.2 Å². The molecule has 0 aliphatic heterocycles. The molecule has 0 saturated carbocycles. The van der Waals surface area contributed by atoms with Gasteiger partial charge in [0.15, 0.2) is 0 Å². The highest BCUT2D eigenvalue weighted by Gasteiger charge is 2.03. The molecule has 1 rings (SSSR count). The van der Waals surface area contributed by atoms with Crippen LogP contribution in [-0.2, 0) is 14.8 Å². The Bertz CT molecular complexity index is 503. The van der Waals surface area contributed by atoms with Crippen LogP contribution in [0.25, 0.3) is 6.08 Å². The Morgan fingerprint density at radius 1 is 1.31 bits per heavy atom. The van der Waals surface area contributed by atoms with Gasteiger partial charge in [-0.25, -0.2) is 13.1 Å². The molecule has 0 aliphatic rings. The molecule has 0 unspecified atom stereocenters. The number of amides is 1. The van der Waals surface area contributed by atoms with Crippen molar-refractivity contribution < 1.29 is 13.2 Å². The van der Waals surface area contributed by atoms with E-state index >= 15 is 0 Å². The van der Waals surface area contributed by atoms with Gasteiger partial charge in [0.1, 0.15) is 0 Å². The average molecular weight is 240 g/mol. The predicted octanol–water partition coefficient (Wildman–Crippen LogP) is 0.358. The molecule has 1 amide bonds. The second kappa shape index (κ2) is 4.80. The number of hydrogen-bond donors (Lipinski definition) is 2. The highest BCUT2D eigenvalue weighted by molar-refractivity contribution is 7.89. The van der Waals surface area contributed by atoms with Gasteiger partial charge in [-0.1, -0.05) is 12.1 Å². The Hall–Kier alpha value is -1.82. The normalized spacial score (nSPS) is 11.6. The number of nitrogens with two attached hydrogens (primary N) is 1. The molecule has 0 aromatic heterocycles. The van der Waals surface area contributed by atoms with Crippen LogP contribution in [-0.4, -0.2) is 20.6 Å². The molecule has 1 aromatic carbocycles. The van der Waals surface area contributed by atoms with Crippen LogP contribution in [0.2, 0.25) is 0 Å². The highest BCUT2D eigenvalue weighted by atomic mass is 32.2. The van der Waals surface area contributed by atoms with E-state index in [4.69, 9.17) is 5.73 Å². The Labute approximate surface area is 94.0 Å². The molecule has 86 valence electrons. The van der Waals surface area contributed by atoms with E-state index in [0.717, 1.165) is 17.9 Å². The van der Waals surface area contributed by atoms with Gasteiger partial charge in [-0.15, -0.1) is 0 Å². The summed E-state index contributed by atoms with van der Waals surface area (Å²) in [6.07, 6.45) is 3.56. The third-order valence-electron chi connectivity index (χ3n) is 1.65. The van der Waals surface area contributed by atoms with E-state index in [-0.39, 0.29) is 0 Å². The monoisotopic (exact) mass is 240 g/mol. The molecule has 6 heteroatoms. The van der Waals surface area contributed by atoms with Gasteiger partial charge in [-0.2, -0.15) is 0 Å². The molecular formula is C10H12N2O3S. The quantitative estimate of drug-likeness (QED) is 0.589. The van der Waals surface area contributed by atoms with Gasteiger partial charge in [-0.05, 0) is 23.8 Å². The Morgan fingerprint density at radius 3 is 2.38 bits per heavy atom. The lowest BCUT2D eigenvalue weighted by Gasteiger charge is -1.97.